The number of rotatable bonds is 8. The summed E-state index contributed by atoms with van der Waals surface area (Å²) in [5.41, 5.74) is 0. The summed E-state index contributed by atoms with van der Waals surface area (Å²) in [5.74, 6) is 2.99. The quantitative estimate of drug-likeness (QED) is 0.438. The monoisotopic (exact) mass is 398 g/mol. The highest BCUT2D eigenvalue weighted by Crippen LogP contribution is 2.42. The zero-order valence-corrected chi connectivity index (χ0v) is 17.7. The molecule has 0 N–H and O–H groups in total. The summed E-state index contributed by atoms with van der Waals surface area (Å²) in [7, 11) is 0. The van der Waals surface area contributed by atoms with Gasteiger partial charge in [-0.25, -0.2) is 8.78 Å². The fourth-order valence-electron chi connectivity index (χ4n) is 5.61. The fraction of sp³-hybridized carbons (Fsp3) is 0.917. The maximum Gasteiger partial charge on any atom is 0.160 e. The smallest absolute Gasteiger partial charge is 0.160 e. The van der Waals surface area contributed by atoms with Crippen molar-refractivity contribution >= 4 is 0 Å². The first kappa shape index (κ1) is 22.2. The highest BCUT2D eigenvalue weighted by Gasteiger charge is 2.42. The molecule has 162 valence electrons. The van der Waals surface area contributed by atoms with Crippen LogP contribution in [0.4, 0.5) is 8.78 Å². The molecule has 2 nitrogen and oxygen atoms in total. The van der Waals surface area contributed by atoms with Crippen LogP contribution in [0.5, 0.6) is 0 Å². The van der Waals surface area contributed by atoms with Crippen LogP contribution in [0.2, 0.25) is 0 Å². The maximum absolute atomic E-state index is 14.5. The van der Waals surface area contributed by atoms with Crippen molar-refractivity contribution in [3.05, 3.63) is 12.7 Å². The van der Waals surface area contributed by atoms with Crippen LogP contribution in [-0.2, 0) is 9.47 Å². The molecule has 3 rings (SSSR count). The molecular weight excluding hydrogens is 358 g/mol. The third-order valence-corrected chi connectivity index (χ3v) is 7.54. The molecule has 3 aliphatic rings. The molecule has 0 heterocycles. The van der Waals surface area contributed by atoms with Crippen LogP contribution in [0.1, 0.15) is 77.6 Å². The zero-order valence-electron chi connectivity index (χ0n) is 17.7. The van der Waals surface area contributed by atoms with Crippen LogP contribution in [-0.4, -0.2) is 37.8 Å². The normalized spacial score (nSPS) is 42.2. The van der Waals surface area contributed by atoms with Crippen molar-refractivity contribution in [1.29, 1.82) is 0 Å². The Bertz CT molecular complexity index is 456. The van der Waals surface area contributed by atoms with E-state index in [-0.39, 0.29) is 0 Å². The van der Waals surface area contributed by atoms with E-state index in [0.717, 1.165) is 24.2 Å². The fourth-order valence-corrected chi connectivity index (χ4v) is 5.61. The molecule has 3 saturated carbocycles. The van der Waals surface area contributed by atoms with Gasteiger partial charge in [-0.15, -0.1) is 6.58 Å². The van der Waals surface area contributed by atoms with Gasteiger partial charge in [0.1, 0.15) is 0 Å². The number of allylic oxidation sites excluding steroid dienone is 1. The Labute approximate surface area is 170 Å². The summed E-state index contributed by atoms with van der Waals surface area (Å²) in [6.45, 7) is 7.02. The number of alkyl halides is 2. The standard InChI is InChI=1S/C24H40F2O2/c1-3-15-27-21-13-14-22(24(26)23(21)25)28-16-18-7-11-20(12-8-18)19-9-5-17(4-2)6-10-19/h4,17-24H,2-3,5-16H2,1H3. The van der Waals surface area contributed by atoms with Gasteiger partial charge in [-0.3, -0.25) is 0 Å². The van der Waals surface area contributed by atoms with E-state index >= 15 is 0 Å². The summed E-state index contributed by atoms with van der Waals surface area (Å²) >= 11 is 0. The minimum Gasteiger partial charge on any atom is -0.375 e. The van der Waals surface area contributed by atoms with Crippen LogP contribution in [0, 0.1) is 23.7 Å². The first-order valence-corrected chi connectivity index (χ1v) is 11.8. The van der Waals surface area contributed by atoms with Gasteiger partial charge in [-0.1, -0.05) is 13.0 Å². The van der Waals surface area contributed by atoms with Gasteiger partial charge in [0.2, 0.25) is 0 Å². The predicted molar refractivity (Wildman–Crippen MR) is 110 cm³/mol. The molecule has 0 aromatic carbocycles. The highest BCUT2D eigenvalue weighted by atomic mass is 19.2. The topological polar surface area (TPSA) is 18.5 Å². The molecule has 3 fully saturated rings. The average molecular weight is 399 g/mol. The zero-order chi connectivity index (χ0) is 19.9. The molecule has 4 unspecified atom stereocenters. The molecule has 4 heteroatoms. The van der Waals surface area contributed by atoms with Gasteiger partial charge >= 0.3 is 0 Å². The van der Waals surface area contributed by atoms with Gasteiger partial charge in [0.05, 0.1) is 12.2 Å². The number of hydrogen-bond acceptors (Lipinski definition) is 2. The van der Waals surface area contributed by atoms with Gasteiger partial charge in [0, 0.05) is 13.2 Å². The first-order valence-electron chi connectivity index (χ1n) is 11.8. The number of ether oxygens (including phenoxy) is 2. The summed E-state index contributed by atoms with van der Waals surface area (Å²) in [6.07, 6.45) is 10.0. The molecule has 0 aliphatic heterocycles. The van der Waals surface area contributed by atoms with E-state index in [2.05, 4.69) is 12.7 Å². The van der Waals surface area contributed by atoms with Gasteiger partial charge in [-0.05, 0) is 94.3 Å². The van der Waals surface area contributed by atoms with Crippen LogP contribution >= 0.6 is 0 Å². The Hall–Kier alpha value is -0.480. The molecule has 0 saturated heterocycles. The Morgan fingerprint density at radius 2 is 1.32 bits per heavy atom. The van der Waals surface area contributed by atoms with Crippen molar-refractivity contribution in [2.24, 2.45) is 23.7 Å². The van der Waals surface area contributed by atoms with Crippen molar-refractivity contribution in [3.8, 4) is 0 Å². The minimum absolute atomic E-state index is 0.502. The largest absolute Gasteiger partial charge is 0.375 e. The highest BCUT2D eigenvalue weighted by molar-refractivity contribution is 4.91. The van der Waals surface area contributed by atoms with Crippen molar-refractivity contribution < 1.29 is 18.3 Å². The van der Waals surface area contributed by atoms with E-state index in [1.165, 1.54) is 51.4 Å². The minimum atomic E-state index is -1.55. The molecule has 0 radical (unpaired) electrons. The number of hydrogen-bond donors (Lipinski definition) is 0. The van der Waals surface area contributed by atoms with E-state index in [1.54, 1.807) is 0 Å². The summed E-state index contributed by atoms with van der Waals surface area (Å²) < 4.78 is 40.1. The van der Waals surface area contributed by atoms with Crippen LogP contribution in [0.25, 0.3) is 0 Å². The molecule has 0 bridgehead atoms. The van der Waals surface area contributed by atoms with Crippen molar-refractivity contribution in [1.82, 2.24) is 0 Å². The molecule has 0 aromatic rings. The molecule has 0 spiro atoms. The van der Waals surface area contributed by atoms with Gasteiger partial charge < -0.3 is 9.47 Å². The molecule has 4 atom stereocenters. The van der Waals surface area contributed by atoms with E-state index in [1.807, 2.05) is 6.92 Å². The summed E-state index contributed by atoms with van der Waals surface area (Å²) in [6, 6.07) is 0. The van der Waals surface area contributed by atoms with Crippen LogP contribution < -0.4 is 0 Å². The Morgan fingerprint density at radius 3 is 1.86 bits per heavy atom. The Kier molecular flexibility index (Phi) is 8.77. The van der Waals surface area contributed by atoms with Crippen LogP contribution in [0.3, 0.4) is 0 Å². The lowest BCUT2D eigenvalue weighted by Crippen LogP contribution is -2.47. The summed E-state index contributed by atoms with van der Waals surface area (Å²) in [5, 5.41) is 0. The molecule has 0 aromatic heterocycles. The van der Waals surface area contributed by atoms with E-state index < -0.39 is 24.6 Å². The average Bonchev–Trinajstić information content (AvgIpc) is 2.74. The molecule has 3 aliphatic carbocycles. The molecule has 28 heavy (non-hydrogen) atoms. The van der Waals surface area contributed by atoms with E-state index in [9.17, 15) is 8.78 Å². The maximum atomic E-state index is 14.5. The lowest BCUT2D eigenvalue weighted by molar-refractivity contribution is -0.123. The SMILES string of the molecule is C=CC1CCC(C2CCC(COC3CCC(OCCC)C(F)C3F)CC2)CC1. The first-order chi connectivity index (χ1) is 13.6. The second-order valence-corrected chi connectivity index (χ2v) is 9.44. The lowest BCUT2D eigenvalue weighted by atomic mass is 9.69. The Morgan fingerprint density at radius 1 is 0.786 bits per heavy atom. The third kappa shape index (κ3) is 5.78. The van der Waals surface area contributed by atoms with Gasteiger partial charge in [0.25, 0.3) is 0 Å². The molecular formula is C24H40F2O2. The van der Waals surface area contributed by atoms with Crippen LogP contribution in [0.15, 0.2) is 12.7 Å². The second kappa shape index (κ2) is 11.1. The number of halogens is 2. The van der Waals surface area contributed by atoms with Crippen molar-refractivity contribution in [2.45, 2.75) is 102 Å². The van der Waals surface area contributed by atoms with E-state index in [4.69, 9.17) is 9.47 Å². The predicted octanol–water partition coefficient (Wildman–Crippen LogP) is 6.44. The van der Waals surface area contributed by atoms with Gasteiger partial charge in [-0.2, -0.15) is 0 Å². The second-order valence-electron chi connectivity index (χ2n) is 9.44. The van der Waals surface area contributed by atoms with Crippen molar-refractivity contribution in [2.75, 3.05) is 13.2 Å². The van der Waals surface area contributed by atoms with Crippen molar-refractivity contribution in [3.63, 3.8) is 0 Å². The van der Waals surface area contributed by atoms with E-state index in [0.29, 0.717) is 32.0 Å². The summed E-state index contributed by atoms with van der Waals surface area (Å²) in [4.78, 5) is 0. The Balaban J connectivity index is 1.35. The lowest BCUT2D eigenvalue weighted by Gasteiger charge is -2.38. The third-order valence-electron chi connectivity index (χ3n) is 7.54. The van der Waals surface area contributed by atoms with Gasteiger partial charge in [0.15, 0.2) is 12.3 Å². The molecule has 0 amide bonds.